The van der Waals surface area contributed by atoms with E-state index in [1.165, 1.54) is 0 Å². The van der Waals surface area contributed by atoms with Gasteiger partial charge in [0.1, 0.15) is 5.69 Å². The summed E-state index contributed by atoms with van der Waals surface area (Å²) in [7, 11) is 0. The van der Waals surface area contributed by atoms with E-state index in [0.717, 1.165) is 72.6 Å². The minimum absolute atomic E-state index is 0.0733. The van der Waals surface area contributed by atoms with Crippen molar-refractivity contribution < 1.29 is 9.59 Å². The van der Waals surface area contributed by atoms with Gasteiger partial charge in [-0.3, -0.25) is 14.6 Å². The van der Waals surface area contributed by atoms with Crippen LogP contribution in [-0.2, 0) is 0 Å². The summed E-state index contributed by atoms with van der Waals surface area (Å²) in [6, 6.07) is 11.6. The molecule has 1 aliphatic rings. The first-order valence-electron chi connectivity index (χ1n) is 11.7. The van der Waals surface area contributed by atoms with Crippen molar-refractivity contribution in [1.82, 2.24) is 25.2 Å². The van der Waals surface area contributed by atoms with E-state index >= 15 is 0 Å². The molecule has 5 rings (SSSR count). The van der Waals surface area contributed by atoms with Crippen LogP contribution in [0.25, 0.3) is 21.8 Å². The van der Waals surface area contributed by atoms with E-state index in [2.05, 4.69) is 20.3 Å². The van der Waals surface area contributed by atoms with Crippen LogP contribution in [0.1, 0.15) is 53.0 Å². The zero-order chi connectivity index (χ0) is 22.6. The molecular weight excluding hydrogens is 414 g/mol. The van der Waals surface area contributed by atoms with Crippen molar-refractivity contribution in [3.05, 3.63) is 66.2 Å². The fourth-order valence-electron chi connectivity index (χ4n) is 4.74. The van der Waals surface area contributed by atoms with E-state index < -0.39 is 0 Å². The van der Waals surface area contributed by atoms with Gasteiger partial charge in [-0.25, -0.2) is 0 Å². The molecule has 7 nitrogen and oxygen atoms in total. The highest BCUT2D eigenvalue weighted by Gasteiger charge is 2.23. The Bertz CT molecular complexity index is 1230. The summed E-state index contributed by atoms with van der Waals surface area (Å²) in [4.78, 5) is 37.6. The molecule has 0 aliphatic carbocycles. The van der Waals surface area contributed by atoms with E-state index in [1.54, 1.807) is 12.4 Å². The third-order valence-corrected chi connectivity index (χ3v) is 6.69. The van der Waals surface area contributed by atoms with Crippen LogP contribution < -0.4 is 5.32 Å². The largest absolute Gasteiger partial charge is 0.361 e. The number of aromatic amines is 2. The highest BCUT2D eigenvalue weighted by Crippen LogP contribution is 2.24. The van der Waals surface area contributed by atoms with Crippen molar-refractivity contribution in [2.24, 2.45) is 5.92 Å². The van der Waals surface area contributed by atoms with Crippen LogP contribution in [0.3, 0.4) is 0 Å². The topological polar surface area (TPSA) is 93.9 Å². The number of amides is 2. The van der Waals surface area contributed by atoms with Gasteiger partial charge in [0.15, 0.2) is 0 Å². The Hall–Kier alpha value is -3.61. The van der Waals surface area contributed by atoms with Gasteiger partial charge in [0.2, 0.25) is 0 Å². The average molecular weight is 444 g/mol. The predicted octanol–water partition coefficient (Wildman–Crippen LogP) is 4.50. The molecule has 1 fully saturated rings. The van der Waals surface area contributed by atoms with Crippen molar-refractivity contribution in [1.29, 1.82) is 0 Å². The third kappa shape index (κ3) is 4.77. The maximum absolute atomic E-state index is 12.9. The molecule has 1 aromatic carbocycles. The predicted molar refractivity (Wildman–Crippen MR) is 129 cm³/mol. The van der Waals surface area contributed by atoms with Gasteiger partial charge >= 0.3 is 0 Å². The Morgan fingerprint density at radius 1 is 1.03 bits per heavy atom. The molecule has 7 heteroatoms. The summed E-state index contributed by atoms with van der Waals surface area (Å²) in [5.41, 5.74) is 3.32. The molecule has 0 bridgehead atoms. The second-order valence-electron chi connectivity index (χ2n) is 8.91. The second-order valence-corrected chi connectivity index (χ2v) is 8.91. The van der Waals surface area contributed by atoms with Crippen molar-refractivity contribution in [3.8, 4) is 0 Å². The number of likely N-dealkylation sites (tertiary alicyclic amines) is 1. The van der Waals surface area contributed by atoms with E-state index in [-0.39, 0.29) is 11.8 Å². The Kier molecular flexibility index (Phi) is 6.11. The van der Waals surface area contributed by atoms with Gasteiger partial charge in [0.05, 0.1) is 0 Å². The highest BCUT2D eigenvalue weighted by atomic mass is 16.2. The summed E-state index contributed by atoms with van der Waals surface area (Å²) in [5, 5.41) is 5.02. The van der Waals surface area contributed by atoms with Gasteiger partial charge in [-0.15, -0.1) is 0 Å². The summed E-state index contributed by atoms with van der Waals surface area (Å²) in [5.74, 6) is 0.709. The molecule has 3 N–H and O–H groups in total. The normalized spacial score (nSPS) is 14.7. The standard InChI is InChI=1S/C26H29N5O2/c32-25(24-16-21-17-27-11-7-23(21)30-24)29-10-2-1-3-18-8-13-31(14-9-18)26(33)20-4-5-22-19(15-20)6-12-28-22/h4-7,11-12,15-18,28,30H,1-3,8-10,13-14H2,(H,29,32). The molecular formula is C26H29N5O2. The lowest BCUT2D eigenvalue weighted by atomic mass is 9.91. The number of carbonyl (C=O) groups excluding carboxylic acids is 2. The molecule has 33 heavy (non-hydrogen) atoms. The number of rotatable bonds is 7. The van der Waals surface area contributed by atoms with E-state index in [9.17, 15) is 9.59 Å². The molecule has 0 spiro atoms. The quantitative estimate of drug-likeness (QED) is 0.367. The number of hydrogen-bond donors (Lipinski definition) is 3. The number of hydrogen-bond acceptors (Lipinski definition) is 3. The van der Waals surface area contributed by atoms with Gasteiger partial charge in [0.25, 0.3) is 11.8 Å². The number of fused-ring (bicyclic) bond motifs is 2. The van der Waals surface area contributed by atoms with Crippen LogP contribution in [-0.4, -0.2) is 51.3 Å². The fourth-order valence-corrected chi connectivity index (χ4v) is 4.74. The van der Waals surface area contributed by atoms with Crippen molar-refractivity contribution >= 4 is 33.6 Å². The molecule has 0 radical (unpaired) electrons. The maximum Gasteiger partial charge on any atom is 0.267 e. The molecule has 0 atom stereocenters. The zero-order valence-electron chi connectivity index (χ0n) is 18.6. The van der Waals surface area contributed by atoms with Crippen LogP contribution in [0, 0.1) is 5.92 Å². The van der Waals surface area contributed by atoms with Crippen molar-refractivity contribution in [3.63, 3.8) is 0 Å². The van der Waals surface area contributed by atoms with Crippen LogP contribution in [0.2, 0.25) is 0 Å². The first-order chi connectivity index (χ1) is 16.2. The lowest BCUT2D eigenvalue weighted by Gasteiger charge is -2.32. The van der Waals surface area contributed by atoms with Crippen LogP contribution in [0.4, 0.5) is 0 Å². The summed E-state index contributed by atoms with van der Waals surface area (Å²) in [6.07, 6.45) is 10.6. The Balaban J connectivity index is 1.01. The van der Waals surface area contributed by atoms with Crippen molar-refractivity contribution in [2.45, 2.75) is 32.1 Å². The SMILES string of the molecule is O=C(NCCCCC1CCN(C(=O)c2ccc3[nH]ccc3c2)CC1)c1cc2cnccc2[nH]1. The minimum atomic E-state index is -0.0733. The molecule has 2 amide bonds. The molecule has 170 valence electrons. The Morgan fingerprint density at radius 2 is 1.91 bits per heavy atom. The van der Waals surface area contributed by atoms with Gasteiger partial charge in [0, 0.05) is 65.6 Å². The minimum Gasteiger partial charge on any atom is -0.361 e. The number of H-pyrrole nitrogens is 2. The van der Waals surface area contributed by atoms with Crippen LogP contribution in [0.15, 0.2) is 55.0 Å². The lowest BCUT2D eigenvalue weighted by molar-refractivity contribution is 0.0686. The summed E-state index contributed by atoms with van der Waals surface area (Å²) in [6.45, 7) is 2.31. The maximum atomic E-state index is 12.9. The summed E-state index contributed by atoms with van der Waals surface area (Å²) < 4.78 is 0. The number of benzene rings is 1. The van der Waals surface area contributed by atoms with E-state index in [1.807, 2.05) is 47.5 Å². The first-order valence-corrected chi connectivity index (χ1v) is 11.7. The number of pyridine rings is 1. The van der Waals surface area contributed by atoms with Gasteiger partial charge < -0.3 is 20.2 Å². The molecule has 4 aromatic rings. The Morgan fingerprint density at radius 3 is 2.76 bits per heavy atom. The van der Waals surface area contributed by atoms with Gasteiger partial charge in [-0.1, -0.05) is 12.8 Å². The van der Waals surface area contributed by atoms with Crippen molar-refractivity contribution in [2.75, 3.05) is 19.6 Å². The third-order valence-electron chi connectivity index (χ3n) is 6.69. The molecule has 0 unspecified atom stereocenters. The number of nitrogens with zero attached hydrogens (tertiary/aromatic N) is 2. The van der Waals surface area contributed by atoms with Crippen LogP contribution in [0.5, 0.6) is 0 Å². The highest BCUT2D eigenvalue weighted by molar-refractivity contribution is 5.98. The molecule has 0 saturated carbocycles. The number of aromatic nitrogens is 3. The average Bonchev–Trinajstić information content (AvgIpc) is 3.50. The van der Waals surface area contributed by atoms with E-state index in [0.29, 0.717) is 18.2 Å². The van der Waals surface area contributed by atoms with Crippen LogP contribution >= 0.6 is 0 Å². The van der Waals surface area contributed by atoms with Gasteiger partial charge in [-0.05, 0) is 61.6 Å². The molecule has 4 heterocycles. The van der Waals surface area contributed by atoms with E-state index in [4.69, 9.17) is 0 Å². The lowest BCUT2D eigenvalue weighted by Crippen LogP contribution is -2.38. The smallest absolute Gasteiger partial charge is 0.267 e. The zero-order valence-corrected chi connectivity index (χ0v) is 18.6. The number of unbranched alkanes of at least 4 members (excludes halogenated alkanes) is 1. The van der Waals surface area contributed by atoms with Gasteiger partial charge in [-0.2, -0.15) is 0 Å². The summed E-state index contributed by atoms with van der Waals surface area (Å²) >= 11 is 0. The Labute approximate surface area is 192 Å². The monoisotopic (exact) mass is 443 g/mol. The number of nitrogens with one attached hydrogen (secondary N) is 3. The molecule has 1 saturated heterocycles. The fraction of sp³-hybridized carbons (Fsp3) is 0.346. The number of carbonyl (C=O) groups is 2. The molecule has 1 aliphatic heterocycles. The second kappa shape index (κ2) is 9.48. The first kappa shape index (κ1) is 21.2. The molecule has 3 aromatic heterocycles. The number of piperidine rings is 1.